The molecule has 0 radical (unpaired) electrons. The SMILES string of the molecule is COC(=O)c1ccc(CNC(=NCc2ccccc2)N(C)C)cc1. The zero-order valence-electron chi connectivity index (χ0n) is 14.3. The summed E-state index contributed by atoms with van der Waals surface area (Å²) in [7, 11) is 5.29. The first-order chi connectivity index (χ1) is 11.6. The number of benzene rings is 2. The van der Waals surface area contributed by atoms with E-state index in [0.717, 1.165) is 11.5 Å². The predicted octanol–water partition coefficient (Wildman–Crippen LogP) is 2.68. The first-order valence-corrected chi connectivity index (χ1v) is 7.77. The van der Waals surface area contributed by atoms with E-state index in [1.165, 1.54) is 12.7 Å². The molecule has 0 unspecified atom stereocenters. The maximum atomic E-state index is 11.4. The van der Waals surface area contributed by atoms with E-state index in [1.54, 1.807) is 12.1 Å². The number of nitrogens with zero attached hydrogens (tertiary/aromatic N) is 2. The van der Waals surface area contributed by atoms with Gasteiger partial charge in [-0.15, -0.1) is 0 Å². The van der Waals surface area contributed by atoms with Crippen molar-refractivity contribution in [1.82, 2.24) is 10.2 Å². The second-order valence-electron chi connectivity index (χ2n) is 5.56. The minimum absolute atomic E-state index is 0.326. The average Bonchev–Trinajstić information content (AvgIpc) is 2.62. The standard InChI is InChI=1S/C19H23N3O2/c1-22(2)19(20-13-15-7-5-4-6-8-15)21-14-16-9-11-17(12-10-16)18(23)24-3/h4-12H,13-14H2,1-3H3,(H,20,21). The van der Waals surface area contributed by atoms with Gasteiger partial charge in [0.25, 0.3) is 0 Å². The Labute approximate surface area is 143 Å². The third kappa shape index (κ3) is 5.12. The molecule has 0 spiro atoms. The largest absolute Gasteiger partial charge is 0.465 e. The normalized spacial score (nSPS) is 11.0. The van der Waals surface area contributed by atoms with Crippen LogP contribution in [0.3, 0.4) is 0 Å². The van der Waals surface area contributed by atoms with Gasteiger partial charge < -0.3 is 15.0 Å². The summed E-state index contributed by atoms with van der Waals surface area (Å²) in [5.41, 5.74) is 2.78. The van der Waals surface area contributed by atoms with Gasteiger partial charge in [-0.2, -0.15) is 0 Å². The van der Waals surface area contributed by atoms with Gasteiger partial charge in [-0.1, -0.05) is 42.5 Å². The van der Waals surface area contributed by atoms with Crippen LogP contribution < -0.4 is 5.32 Å². The van der Waals surface area contributed by atoms with Gasteiger partial charge in [0.05, 0.1) is 19.2 Å². The summed E-state index contributed by atoms with van der Waals surface area (Å²) in [6, 6.07) is 17.5. The van der Waals surface area contributed by atoms with Crippen LogP contribution in [0.4, 0.5) is 0 Å². The van der Waals surface area contributed by atoms with Gasteiger partial charge in [0.2, 0.25) is 0 Å². The van der Waals surface area contributed by atoms with Crippen LogP contribution in [-0.2, 0) is 17.8 Å². The van der Waals surface area contributed by atoms with Crippen molar-refractivity contribution in [3.8, 4) is 0 Å². The molecule has 5 heteroatoms. The van der Waals surface area contributed by atoms with Crippen molar-refractivity contribution in [1.29, 1.82) is 0 Å². The zero-order valence-corrected chi connectivity index (χ0v) is 14.3. The van der Waals surface area contributed by atoms with E-state index in [2.05, 4.69) is 22.4 Å². The summed E-state index contributed by atoms with van der Waals surface area (Å²) in [5, 5.41) is 3.33. The molecule has 2 aromatic carbocycles. The fourth-order valence-corrected chi connectivity index (χ4v) is 2.16. The Hall–Kier alpha value is -2.82. The van der Waals surface area contributed by atoms with Crippen LogP contribution in [0.1, 0.15) is 21.5 Å². The molecule has 2 rings (SSSR count). The van der Waals surface area contributed by atoms with Gasteiger partial charge in [0, 0.05) is 20.6 Å². The maximum absolute atomic E-state index is 11.4. The molecule has 0 bridgehead atoms. The highest BCUT2D eigenvalue weighted by Crippen LogP contribution is 2.06. The van der Waals surface area contributed by atoms with Crippen LogP contribution in [0.15, 0.2) is 59.6 Å². The minimum Gasteiger partial charge on any atom is -0.465 e. The molecule has 0 aliphatic carbocycles. The van der Waals surface area contributed by atoms with E-state index in [9.17, 15) is 4.79 Å². The number of hydrogen-bond acceptors (Lipinski definition) is 3. The van der Waals surface area contributed by atoms with Gasteiger partial charge in [-0.25, -0.2) is 9.79 Å². The summed E-state index contributed by atoms with van der Waals surface area (Å²) >= 11 is 0. The molecule has 1 N–H and O–H groups in total. The molecule has 0 saturated carbocycles. The summed E-state index contributed by atoms with van der Waals surface area (Å²) < 4.78 is 4.70. The molecule has 2 aromatic rings. The monoisotopic (exact) mass is 325 g/mol. The van der Waals surface area contributed by atoms with E-state index >= 15 is 0 Å². The molecule has 126 valence electrons. The molecule has 0 heterocycles. The molecule has 5 nitrogen and oxygen atoms in total. The molecular weight excluding hydrogens is 302 g/mol. The molecule has 0 amide bonds. The number of methoxy groups -OCH3 is 1. The lowest BCUT2D eigenvalue weighted by Gasteiger charge is -2.18. The maximum Gasteiger partial charge on any atom is 0.337 e. The van der Waals surface area contributed by atoms with Crippen molar-refractivity contribution in [2.75, 3.05) is 21.2 Å². The van der Waals surface area contributed by atoms with Gasteiger partial charge >= 0.3 is 5.97 Å². The van der Waals surface area contributed by atoms with E-state index in [-0.39, 0.29) is 5.97 Å². The van der Waals surface area contributed by atoms with Crippen molar-refractivity contribution < 1.29 is 9.53 Å². The van der Waals surface area contributed by atoms with Crippen LogP contribution in [0.2, 0.25) is 0 Å². The molecule has 0 fully saturated rings. The molecule has 0 aliphatic rings. The van der Waals surface area contributed by atoms with Crippen molar-refractivity contribution in [3.05, 3.63) is 71.3 Å². The average molecular weight is 325 g/mol. The third-order valence-corrected chi connectivity index (χ3v) is 3.50. The van der Waals surface area contributed by atoms with Gasteiger partial charge in [0.1, 0.15) is 0 Å². The summed E-state index contributed by atoms with van der Waals surface area (Å²) in [5.74, 6) is 0.490. The quantitative estimate of drug-likeness (QED) is 0.522. The molecule has 0 aromatic heterocycles. The lowest BCUT2D eigenvalue weighted by atomic mass is 10.1. The van der Waals surface area contributed by atoms with E-state index in [4.69, 9.17) is 4.74 Å². The number of esters is 1. The summed E-state index contributed by atoms with van der Waals surface area (Å²) in [6.07, 6.45) is 0. The molecule has 0 aliphatic heterocycles. The first-order valence-electron chi connectivity index (χ1n) is 7.77. The van der Waals surface area contributed by atoms with Crippen molar-refractivity contribution in [2.45, 2.75) is 13.1 Å². The topological polar surface area (TPSA) is 53.9 Å². The van der Waals surface area contributed by atoms with Crippen LogP contribution in [-0.4, -0.2) is 38.0 Å². The Balaban J connectivity index is 1.97. The van der Waals surface area contributed by atoms with Crippen LogP contribution >= 0.6 is 0 Å². The van der Waals surface area contributed by atoms with E-state index in [0.29, 0.717) is 18.7 Å². The number of guanidine groups is 1. The second kappa shape index (κ2) is 8.72. The Morgan fingerprint density at radius 2 is 1.71 bits per heavy atom. The highest BCUT2D eigenvalue weighted by molar-refractivity contribution is 5.89. The van der Waals surface area contributed by atoms with Gasteiger partial charge in [0.15, 0.2) is 5.96 Å². The Kier molecular flexibility index (Phi) is 6.37. The number of hydrogen-bond donors (Lipinski definition) is 1. The number of carbonyl (C=O) groups excluding carboxylic acids is 1. The van der Waals surface area contributed by atoms with E-state index < -0.39 is 0 Å². The minimum atomic E-state index is -0.326. The highest BCUT2D eigenvalue weighted by Gasteiger charge is 2.05. The van der Waals surface area contributed by atoms with Crippen molar-refractivity contribution in [3.63, 3.8) is 0 Å². The van der Waals surface area contributed by atoms with Crippen molar-refractivity contribution >= 4 is 11.9 Å². The fourth-order valence-electron chi connectivity index (χ4n) is 2.16. The fraction of sp³-hybridized carbons (Fsp3) is 0.263. The predicted molar refractivity (Wildman–Crippen MR) is 95.9 cm³/mol. The van der Waals surface area contributed by atoms with Crippen molar-refractivity contribution in [2.24, 2.45) is 4.99 Å². The third-order valence-electron chi connectivity index (χ3n) is 3.50. The van der Waals surface area contributed by atoms with E-state index in [1.807, 2.05) is 49.3 Å². The number of nitrogens with one attached hydrogen (secondary N) is 1. The van der Waals surface area contributed by atoms with Crippen LogP contribution in [0.5, 0.6) is 0 Å². The smallest absolute Gasteiger partial charge is 0.337 e. The first kappa shape index (κ1) is 17.5. The van der Waals surface area contributed by atoms with Gasteiger partial charge in [-0.3, -0.25) is 0 Å². The Bertz CT molecular complexity index is 680. The number of rotatable bonds is 5. The van der Waals surface area contributed by atoms with Gasteiger partial charge in [-0.05, 0) is 23.3 Å². The summed E-state index contributed by atoms with van der Waals surface area (Å²) in [4.78, 5) is 18.0. The van der Waals surface area contributed by atoms with Crippen LogP contribution in [0.25, 0.3) is 0 Å². The molecular formula is C19H23N3O2. The second-order valence-corrected chi connectivity index (χ2v) is 5.56. The summed E-state index contributed by atoms with van der Waals surface area (Å²) in [6.45, 7) is 1.26. The molecule has 0 atom stereocenters. The highest BCUT2D eigenvalue weighted by atomic mass is 16.5. The molecule has 0 saturated heterocycles. The zero-order chi connectivity index (χ0) is 17.4. The lowest BCUT2D eigenvalue weighted by Crippen LogP contribution is -2.36. The number of aliphatic imine (C=N–C) groups is 1. The Morgan fingerprint density at radius 1 is 1.04 bits per heavy atom. The lowest BCUT2D eigenvalue weighted by molar-refractivity contribution is 0.0600. The Morgan fingerprint density at radius 3 is 2.29 bits per heavy atom. The number of ether oxygens (including phenoxy) is 1. The van der Waals surface area contributed by atoms with Crippen LogP contribution in [0, 0.1) is 0 Å². The molecule has 24 heavy (non-hydrogen) atoms. The number of carbonyl (C=O) groups is 1.